The van der Waals surface area contributed by atoms with Crippen LogP contribution in [0.25, 0.3) is 0 Å². The number of aromatic nitrogens is 3. The summed E-state index contributed by atoms with van der Waals surface area (Å²) in [4.78, 5) is 4.02. The summed E-state index contributed by atoms with van der Waals surface area (Å²) in [6.07, 6.45) is 8.96. The van der Waals surface area contributed by atoms with Crippen molar-refractivity contribution in [2.75, 3.05) is 0 Å². The van der Waals surface area contributed by atoms with Gasteiger partial charge in [0, 0.05) is 17.4 Å². The molecule has 0 aliphatic carbocycles. The Morgan fingerprint density at radius 1 is 1.32 bits per heavy atom. The number of rotatable bonds is 5. The van der Waals surface area contributed by atoms with Crippen LogP contribution in [0.5, 0.6) is 5.75 Å². The van der Waals surface area contributed by atoms with Gasteiger partial charge >= 0.3 is 0 Å². The van der Waals surface area contributed by atoms with Crippen molar-refractivity contribution in [1.82, 2.24) is 14.8 Å². The maximum absolute atomic E-state index is 6.16. The number of ether oxygens (including phenoxy) is 1. The Balaban J connectivity index is 2.34. The molecule has 0 saturated carbocycles. The SMILES string of the molecule is C#CCC(C(Oc1ccc(Cl)cc1)n1cncn1)C(C)(C)C. The summed E-state index contributed by atoms with van der Waals surface area (Å²) in [5.41, 5.74) is -0.0462. The summed E-state index contributed by atoms with van der Waals surface area (Å²) in [6, 6.07) is 7.26. The Morgan fingerprint density at radius 3 is 2.50 bits per heavy atom. The molecule has 4 nitrogen and oxygen atoms in total. The molecule has 5 heteroatoms. The van der Waals surface area contributed by atoms with E-state index in [2.05, 4.69) is 36.8 Å². The molecule has 2 unspecified atom stereocenters. The summed E-state index contributed by atoms with van der Waals surface area (Å²) in [5.74, 6) is 3.55. The highest BCUT2D eigenvalue weighted by molar-refractivity contribution is 6.30. The predicted molar refractivity (Wildman–Crippen MR) is 87.5 cm³/mol. The van der Waals surface area contributed by atoms with Crippen molar-refractivity contribution in [1.29, 1.82) is 0 Å². The summed E-state index contributed by atoms with van der Waals surface area (Å²) in [5, 5.41) is 4.90. The first kappa shape index (κ1) is 16.4. The van der Waals surface area contributed by atoms with Crippen LogP contribution in [-0.2, 0) is 0 Å². The molecule has 22 heavy (non-hydrogen) atoms. The van der Waals surface area contributed by atoms with Crippen molar-refractivity contribution in [2.45, 2.75) is 33.4 Å². The Morgan fingerprint density at radius 2 is 2.00 bits per heavy atom. The zero-order valence-corrected chi connectivity index (χ0v) is 13.8. The molecule has 0 bridgehead atoms. The minimum atomic E-state index is -0.334. The quantitative estimate of drug-likeness (QED) is 0.776. The molecule has 2 rings (SSSR count). The smallest absolute Gasteiger partial charge is 0.197 e. The maximum atomic E-state index is 6.16. The van der Waals surface area contributed by atoms with E-state index in [9.17, 15) is 0 Å². The lowest BCUT2D eigenvalue weighted by Gasteiger charge is -2.35. The van der Waals surface area contributed by atoms with E-state index in [4.69, 9.17) is 22.8 Å². The standard InChI is InChI=1S/C17H20ClN3O/c1-5-6-15(17(2,3)4)16(21-12-19-11-20-21)22-14-9-7-13(18)8-10-14/h1,7-12,15-16H,6H2,2-4H3. The average Bonchev–Trinajstić information content (AvgIpc) is 2.97. The van der Waals surface area contributed by atoms with Crippen LogP contribution in [-0.4, -0.2) is 14.8 Å². The van der Waals surface area contributed by atoms with Crippen LogP contribution in [0, 0.1) is 23.7 Å². The molecule has 0 aliphatic heterocycles. The Kier molecular flexibility index (Phi) is 5.10. The lowest BCUT2D eigenvalue weighted by molar-refractivity contribution is 0.00295. The zero-order chi connectivity index (χ0) is 16.2. The number of benzene rings is 1. The summed E-state index contributed by atoms with van der Waals surface area (Å²) >= 11 is 5.92. The van der Waals surface area contributed by atoms with Gasteiger partial charge in [-0.2, -0.15) is 5.10 Å². The Hall–Kier alpha value is -1.99. The lowest BCUT2D eigenvalue weighted by Crippen LogP contribution is -2.34. The molecule has 116 valence electrons. The van der Waals surface area contributed by atoms with Crippen LogP contribution < -0.4 is 4.74 Å². The van der Waals surface area contributed by atoms with Gasteiger partial charge in [0.1, 0.15) is 18.4 Å². The first-order valence-corrected chi connectivity index (χ1v) is 7.49. The third-order valence-electron chi connectivity index (χ3n) is 3.56. The van der Waals surface area contributed by atoms with E-state index in [0.717, 1.165) is 5.75 Å². The van der Waals surface area contributed by atoms with E-state index in [-0.39, 0.29) is 17.6 Å². The van der Waals surface area contributed by atoms with Gasteiger partial charge in [-0.05, 0) is 29.7 Å². The molecule has 1 aromatic heterocycles. The molecular weight excluding hydrogens is 298 g/mol. The second-order valence-electron chi connectivity index (χ2n) is 6.22. The minimum absolute atomic E-state index is 0.0462. The van der Waals surface area contributed by atoms with E-state index >= 15 is 0 Å². The van der Waals surface area contributed by atoms with Crippen molar-refractivity contribution in [2.24, 2.45) is 11.3 Å². The maximum Gasteiger partial charge on any atom is 0.197 e. The van der Waals surface area contributed by atoms with Gasteiger partial charge < -0.3 is 4.74 Å². The largest absolute Gasteiger partial charge is 0.468 e. The van der Waals surface area contributed by atoms with Crippen molar-refractivity contribution < 1.29 is 4.74 Å². The van der Waals surface area contributed by atoms with Gasteiger partial charge in [0.05, 0.1) is 0 Å². The van der Waals surface area contributed by atoms with Gasteiger partial charge in [0.2, 0.25) is 0 Å². The van der Waals surface area contributed by atoms with E-state index in [1.165, 1.54) is 6.33 Å². The van der Waals surface area contributed by atoms with Gasteiger partial charge in [-0.25, -0.2) is 9.67 Å². The third kappa shape index (κ3) is 4.02. The highest BCUT2D eigenvalue weighted by Gasteiger charge is 2.35. The average molecular weight is 318 g/mol. The van der Waals surface area contributed by atoms with Crippen LogP contribution >= 0.6 is 11.6 Å². The van der Waals surface area contributed by atoms with Gasteiger partial charge in [0.15, 0.2) is 6.23 Å². The first-order valence-electron chi connectivity index (χ1n) is 7.11. The Bertz CT molecular complexity index is 623. The molecule has 2 aromatic rings. The van der Waals surface area contributed by atoms with E-state index in [1.807, 2.05) is 12.1 Å². The molecule has 0 spiro atoms. The fourth-order valence-corrected chi connectivity index (χ4v) is 2.41. The molecule has 0 fully saturated rings. The summed E-state index contributed by atoms with van der Waals surface area (Å²) in [7, 11) is 0. The number of hydrogen-bond donors (Lipinski definition) is 0. The number of halogens is 1. The van der Waals surface area contributed by atoms with Gasteiger partial charge in [-0.3, -0.25) is 0 Å². The van der Waals surface area contributed by atoms with Crippen LogP contribution in [0.3, 0.4) is 0 Å². The molecule has 1 heterocycles. The van der Waals surface area contributed by atoms with Crippen LogP contribution in [0.1, 0.15) is 33.4 Å². The topological polar surface area (TPSA) is 39.9 Å². The van der Waals surface area contributed by atoms with E-state index in [1.54, 1.807) is 23.1 Å². The highest BCUT2D eigenvalue weighted by atomic mass is 35.5. The highest BCUT2D eigenvalue weighted by Crippen LogP contribution is 2.38. The van der Waals surface area contributed by atoms with Crippen molar-refractivity contribution in [3.63, 3.8) is 0 Å². The van der Waals surface area contributed by atoms with Crippen LogP contribution in [0.4, 0.5) is 0 Å². The lowest BCUT2D eigenvalue weighted by atomic mass is 9.77. The van der Waals surface area contributed by atoms with Gasteiger partial charge in [-0.15, -0.1) is 12.3 Å². The molecule has 2 atom stereocenters. The van der Waals surface area contributed by atoms with Crippen molar-refractivity contribution in [3.05, 3.63) is 41.9 Å². The van der Waals surface area contributed by atoms with E-state index < -0.39 is 0 Å². The summed E-state index contributed by atoms with van der Waals surface area (Å²) in [6.45, 7) is 6.43. The first-order chi connectivity index (χ1) is 10.4. The number of nitrogens with zero attached hydrogens (tertiary/aromatic N) is 3. The van der Waals surface area contributed by atoms with E-state index in [0.29, 0.717) is 11.4 Å². The molecule has 0 saturated heterocycles. The fourth-order valence-electron chi connectivity index (χ4n) is 2.28. The predicted octanol–water partition coefficient (Wildman–Crippen LogP) is 4.19. The molecule has 0 radical (unpaired) electrons. The zero-order valence-electron chi connectivity index (χ0n) is 13.0. The summed E-state index contributed by atoms with van der Waals surface area (Å²) < 4.78 is 7.87. The molecule has 0 aliphatic rings. The fraction of sp³-hybridized carbons (Fsp3) is 0.412. The van der Waals surface area contributed by atoms with Crippen LogP contribution in [0.15, 0.2) is 36.9 Å². The second-order valence-corrected chi connectivity index (χ2v) is 6.66. The monoisotopic (exact) mass is 317 g/mol. The number of terminal acetylenes is 1. The van der Waals surface area contributed by atoms with Gasteiger partial charge in [-0.1, -0.05) is 32.4 Å². The van der Waals surface area contributed by atoms with Crippen molar-refractivity contribution in [3.8, 4) is 18.1 Å². The molecular formula is C17H20ClN3O. The second kappa shape index (κ2) is 6.85. The normalized spacial score (nSPS) is 14.1. The molecule has 0 N–H and O–H groups in total. The molecule has 1 aromatic carbocycles. The van der Waals surface area contributed by atoms with Gasteiger partial charge in [0.25, 0.3) is 0 Å². The van der Waals surface area contributed by atoms with Crippen LogP contribution in [0.2, 0.25) is 5.02 Å². The molecule has 0 amide bonds. The minimum Gasteiger partial charge on any atom is -0.468 e. The number of hydrogen-bond acceptors (Lipinski definition) is 3. The third-order valence-corrected chi connectivity index (χ3v) is 3.81. The van der Waals surface area contributed by atoms with Crippen molar-refractivity contribution >= 4 is 11.6 Å². The Labute approximate surface area is 136 Å².